The van der Waals surface area contributed by atoms with E-state index >= 15 is 0 Å². The molecular formula is C28H21ClN2O2. The van der Waals surface area contributed by atoms with Gasteiger partial charge in [-0.3, -0.25) is 4.79 Å². The number of fused-ring (bicyclic) bond motifs is 1. The molecule has 4 aromatic rings. The summed E-state index contributed by atoms with van der Waals surface area (Å²) in [7, 11) is 0. The standard InChI is InChI=1S/C28H21ClN2O2/c1-19-25(28(32)31(30-19)23-8-3-2-4-9-23)17-26-24-10-6-5-7-21(24)13-16-27(26)33-18-20-11-14-22(29)15-12-20/h2-17H,18H2,1H3/b25-17+. The Labute approximate surface area is 197 Å². The maximum Gasteiger partial charge on any atom is 0.280 e. The fraction of sp³-hybridized carbons (Fsp3) is 0.0714. The Hall–Kier alpha value is -3.89. The van der Waals surface area contributed by atoms with E-state index in [0.717, 1.165) is 27.6 Å². The van der Waals surface area contributed by atoms with Gasteiger partial charge in [0.1, 0.15) is 12.4 Å². The third-order valence-electron chi connectivity index (χ3n) is 5.59. The van der Waals surface area contributed by atoms with Gasteiger partial charge >= 0.3 is 0 Å². The van der Waals surface area contributed by atoms with E-state index < -0.39 is 0 Å². The van der Waals surface area contributed by atoms with E-state index in [2.05, 4.69) is 5.10 Å². The number of carbonyl (C=O) groups excluding carboxylic acids is 1. The van der Waals surface area contributed by atoms with Gasteiger partial charge in [0.25, 0.3) is 5.91 Å². The summed E-state index contributed by atoms with van der Waals surface area (Å²) in [5.74, 6) is 0.546. The molecule has 0 fully saturated rings. The number of para-hydroxylation sites is 1. The predicted octanol–water partition coefficient (Wildman–Crippen LogP) is 6.88. The maximum atomic E-state index is 13.3. The molecule has 1 heterocycles. The Bertz CT molecular complexity index is 1390. The lowest BCUT2D eigenvalue weighted by atomic mass is 9.99. The monoisotopic (exact) mass is 452 g/mol. The minimum absolute atomic E-state index is 0.157. The van der Waals surface area contributed by atoms with Crippen LogP contribution in [0.2, 0.25) is 5.02 Å². The number of hydrogen-bond donors (Lipinski definition) is 0. The van der Waals surface area contributed by atoms with Crippen molar-refractivity contribution in [2.75, 3.05) is 5.01 Å². The fourth-order valence-electron chi connectivity index (χ4n) is 3.86. The van der Waals surface area contributed by atoms with Crippen LogP contribution >= 0.6 is 11.6 Å². The van der Waals surface area contributed by atoms with E-state index in [4.69, 9.17) is 16.3 Å². The van der Waals surface area contributed by atoms with Crippen molar-refractivity contribution in [2.45, 2.75) is 13.5 Å². The molecular weight excluding hydrogens is 432 g/mol. The molecule has 33 heavy (non-hydrogen) atoms. The second-order valence-corrected chi connectivity index (χ2v) is 8.25. The van der Waals surface area contributed by atoms with E-state index in [9.17, 15) is 4.79 Å². The van der Waals surface area contributed by atoms with Crippen molar-refractivity contribution < 1.29 is 9.53 Å². The Morgan fingerprint density at radius 1 is 0.909 bits per heavy atom. The molecule has 0 unspecified atom stereocenters. The molecule has 0 aliphatic carbocycles. The van der Waals surface area contributed by atoms with Crippen molar-refractivity contribution in [3.8, 4) is 5.75 Å². The summed E-state index contributed by atoms with van der Waals surface area (Å²) in [5.41, 5.74) is 3.82. The van der Waals surface area contributed by atoms with Gasteiger partial charge in [-0.2, -0.15) is 10.1 Å². The predicted molar refractivity (Wildman–Crippen MR) is 135 cm³/mol. The number of hydrogen-bond acceptors (Lipinski definition) is 3. The van der Waals surface area contributed by atoms with Crippen molar-refractivity contribution in [3.63, 3.8) is 0 Å². The second kappa shape index (κ2) is 8.93. The van der Waals surface area contributed by atoms with Gasteiger partial charge in [-0.1, -0.05) is 72.3 Å². The van der Waals surface area contributed by atoms with E-state index in [-0.39, 0.29) is 5.91 Å². The van der Waals surface area contributed by atoms with Crippen LogP contribution in [0.4, 0.5) is 5.69 Å². The average molecular weight is 453 g/mol. The average Bonchev–Trinajstić information content (AvgIpc) is 3.13. The maximum absolute atomic E-state index is 13.3. The van der Waals surface area contributed by atoms with Crippen LogP contribution in [-0.2, 0) is 11.4 Å². The molecule has 0 radical (unpaired) electrons. The van der Waals surface area contributed by atoms with Crippen molar-refractivity contribution in [3.05, 3.63) is 113 Å². The zero-order valence-corrected chi connectivity index (χ0v) is 18.8. The molecule has 1 aliphatic heterocycles. The number of carbonyl (C=O) groups is 1. The number of ether oxygens (including phenoxy) is 1. The molecule has 5 rings (SSSR count). The summed E-state index contributed by atoms with van der Waals surface area (Å²) in [4.78, 5) is 13.3. The molecule has 0 saturated heterocycles. The first-order valence-electron chi connectivity index (χ1n) is 10.7. The number of hydrazone groups is 1. The molecule has 0 saturated carbocycles. The number of amides is 1. The highest BCUT2D eigenvalue weighted by Gasteiger charge is 2.29. The molecule has 4 nitrogen and oxygen atoms in total. The minimum Gasteiger partial charge on any atom is -0.488 e. The van der Waals surface area contributed by atoms with Crippen LogP contribution in [0.15, 0.2) is 102 Å². The normalized spacial score (nSPS) is 14.7. The molecule has 0 N–H and O–H groups in total. The van der Waals surface area contributed by atoms with Gasteiger partial charge in [0.15, 0.2) is 0 Å². The van der Waals surface area contributed by atoms with Gasteiger partial charge in [-0.15, -0.1) is 0 Å². The summed E-state index contributed by atoms with van der Waals surface area (Å²) < 4.78 is 6.21. The number of halogens is 1. The van der Waals surface area contributed by atoms with Crippen molar-refractivity contribution in [1.82, 2.24) is 0 Å². The number of nitrogens with zero attached hydrogens (tertiary/aromatic N) is 2. The first-order chi connectivity index (χ1) is 16.1. The van der Waals surface area contributed by atoms with Crippen LogP contribution in [0.25, 0.3) is 16.8 Å². The quantitative estimate of drug-likeness (QED) is 0.310. The third-order valence-corrected chi connectivity index (χ3v) is 5.84. The van der Waals surface area contributed by atoms with E-state index in [0.29, 0.717) is 28.7 Å². The van der Waals surface area contributed by atoms with Gasteiger partial charge in [-0.25, -0.2) is 0 Å². The summed E-state index contributed by atoms with van der Waals surface area (Å²) in [6.07, 6.45) is 1.89. The first kappa shape index (κ1) is 21.0. The lowest BCUT2D eigenvalue weighted by Gasteiger charge is -2.14. The molecule has 4 aromatic carbocycles. The third kappa shape index (κ3) is 4.26. The smallest absolute Gasteiger partial charge is 0.280 e. The molecule has 162 valence electrons. The summed E-state index contributed by atoms with van der Waals surface area (Å²) >= 11 is 6.00. The molecule has 0 atom stereocenters. The van der Waals surface area contributed by atoms with Gasteiger partial charge in [-0.05, 0) is 59.7 Å². The molecule has 5 heteroatoms. The summed E-state index contributed by atoms with van der Waals surface area (Å²) in [5, 5.41) is 8.72. The van der Waals surface area contributed by atoms with Crippen LogP contribution in [-0.4, -0.2) is 11.6 Å². The Morgan fingerprint density at radius 3 is 2.42 bits per heavy atom. The summed E-state index contributed by atoms with van der Waals surface area (Å²) in [6.45, 7) is 2.24. The van der Waals surface area contributed by atoms with Gasteiger partial charge in [0, 0.05) is 10.6 Å². The van der Waals surface area contributed by atoms with Gasteiger partial charge in [0.2, 0.25) is 0 Å². The largest absolute Gasteiger partial charge is 0.488 e. The second-order valence-electron chi connectivity index (χ2n) is 7.81. The number of benzene rings is 4. The topological polar surface area (TPSA) is 41.9 Å². The molecule has 0 spiro atoms. The zero-order chi connectivity index (χ0) is 22.8. The number of anilines is 1. The van der Waals surface area contributed by atoms with E-state index in [1.165, 1.54) is 5.01 Å². The van der Waals surface area contributed by atoms with E-state index in [1.54, 1.807) is 0 Å². The summed E-state index contributed by atoms with van der Waals surface area (Å²) in [6, 6.07) is 29.1. The van der Waals surface area contributed by atoms with Crippen LogP contribution in [0.1, 0.15) is 18.1 Å². The Kier molecular flexibility index (Phi) is 5.68. The highest BCUT2D eigenvalue weighted by atomic mass is 35.5. The fourth-order valence-corrected chi connectivity index (χ4v) is 3.99. The lowest BCUT2D eigenvalue weighted by Crippen LogP contribution is -2.21. The van der Waals surface area contributed by atoms with Crippen LogP contribution in [0.5, 0.6) is 5.75 Å². The molecule has 1 aliphatic rings. The van der Waals surface area contributed by atoms with E-state index in [1.807, 2.05) is 104 Å². The Balaban J connectivity index is 1.54. The van der Waals surface area contributed by atoms with Crippen LogP contribution in [0.3, 0.4) is 0 Å². The van der Waals surface area contributed by atoms with Crippen molar-refractivity contribution >= 4 is 45.8 Å². The van der Waals surface area contributed by atoms with Crippen molar-refractivity contribution in [1.29, 1.82) is 0 Å². The number of rotatable bonds is 5. The molecule has 0 bridgehead atoms. The van der Waals surface area contributed by atoms with Crippen LogP contribution < -0.4 is 9.75 Å². The highest BCUT2D eigenvalue weighted by Crippen LogP contribution is 2.33. The molecule has 0 aromatic heterocycles. The Morgan fingerprint density at radius 2 is 1.64 bits per heavy atom. The first-order valence-corrected chi connectivity index (χ1v) is 11.0. The van der Waals surface area contributed by atoms with Gasteiger partial charge < -0.3 is 4.74 Å². The minimum atomic E-state index is -0.157. The lowest BCUT2D eigenvalue weighted by molar-refractivity contribution is -0.114. The van der Waals surface area contributed by atoms with Gasteiger partial charge in [0.05, 0.1) is 17.0 Å². The zero-order valence-electron chi connectivity index (χ0n) is 18.0. The molecule has 1 amide bonds. The highest BCUT2D eigenvalue weighted by molar-refractivity contribution is 6.32. The SMILES string of the molecule is CC1=NN(c2ccccc2)C(=O)/C1=C/c1c(OCc2ccc(Cl)cc2)ccc2ccccc12. The van der Waals surface area contributed by atoms with Crippen LogP contribution in [0, 0.1) is 0 Å². The van der Waals surface area contributed by atoms with Crippen molar-refractivity contribution in [2.24, 2.45) is 5.10 Å².